The summed E-state index contributed by atoms with van der Waals surface area (Å²) in [5, 5.41) is 10.2. The fourth-order valence-corrected chi connectivity index (χ4v) is 3.41. The summed E-state index contributed by atoms with van der Waals surface area (Å²) < 4.78 is 5.18. The molecule has 19 heavy (non-hydrogen) atoms. The van der Waals surface area contributed by atoms with E-state index >= 15 is 0 Å². The number of rotatable bonds is 2. The first kappa shape index (κ1) is 12.3. The van der Waals surface area contributed by atoms with Crippen LogP contribution >= 0.6 is 11.8 Å². The Morgan fingerprint density at radius 2 is 2.32 bits per heavy atom. The van der Waals surface area contributed by atoms with Crippen LogP contribution in [0, 0.1) is 0 Å². The maximum atomic E-state index is 11.6. The van der Waals surface area contributed by atoms with Gasteiger partial charge in [-0.1, -0.05) is 0 Å². The number of nitrogens with zero attached hydrogens (tertiary/aromatic N) is 1. The number of carbonyl (C=O) groups is 1. The lowest BCUT2D eigenvalue weighted by molar-refractivity contribution is 0.0698. The van der Waals surface area contributed by atoms with Gasteiger partial charge in [0.2, 0.25) is 0 Å². The SMILES string of the molecule is COc1ccc2c(C(=O)O)c3c(nc2c1)CCSC3. The van der Waals surface area contributed by atoms with Crippen LogP contribution in [0.25, 0.3) is 10.9 Å². The zero-order valence-electron chi connectivity index (χ0n) is 10.5. The number of carboxylic acids is 1. The Morgan fingerprint density at radius 1 is 1.47 bits per heavy atom. The number of ether oxygens (including phenoxy) is 1. The number of aryl methyl sites for hydroxylation is 1. The van der Waals surface area contributed by atoms with Crippen molar-refractivity contribution in [3.63, 3.8) is 0 Å². The topological polar surface area (TPSA) is 59.4 Å². The number of methoxy groups -OCH3 is 1. The third-order valence-corrected chi connectivity index (χ3v) is 4.31. The molecule has 0 radical (unpaired) electrons. The van der Waals surface area contributed by atoms with E-state index in [-0.39, 0.29) is 0 Å². The van der Waals surface area contributed by atoms with Crippen molar-refractivity contribution in [2.75, 3.05) is 12.9 Å². The second-order valence-electron chi connectivity index (χ2n) is 4.40. The molecule has 0 saturated carbocycles. The van der Waals surface area contributed by atoms with E-state index in [1.165, 1.54) is 0 Å². The molecule has 3 rings (SSSR count). The van der Waals surface area contributed by atoms with Gasteiger partial charge in [0.05, 0.1) is 18.2 Å². The molecule has 98 valence electrons. The van der Waals surface area contributed by atoms with Gasteiger partial charge in [-0.15, -0.1) is 0 Å². The molecule has 0 amide bonds. The standard InChI is InChI=1S/C14H13NO3S/c1-18-8-2-3-9-12(6-8)15-11-4-5-19-7-10(11)13(9)14(16)17/h2-3,6H,4-5,7H2,1H3,(H,16,17). The highest BCUT2D eigenvalue weighted by Gasteiger charge is 2.22. The third kappa shape index (κ3) is 2.04. The first-order valence-electron chi connectivity index (χ1n) is 6.01. The number of hydrogen-bond donors (Lipinski definition) is 1. The Hall–Kier alpha value is -1.75. The molecule has 2 aromatic rings. The van der Waals surface area contributed by atoms with Gasteiger partial charge in [-0.25, -0.2) is 4.79 Å². The van der Waals surface area contributed by atoms with Gasteiger partial charge >= 0.3 is 5.97 Å². The highest BCUT2D eigenvalue weighted by Crippen LogP contribution is 2.32. The van der Waals surface area contributed by atoms with Crippen molar-refractivity contribution < 1.29 is 14.6 Å². The number of hydrogen-bond acceptors (Lipinski definition) is 4. The van der Waals surface area contributed by atoms with E-state index in [9.17, 15) is 9.90 Å². The smallest absolute Gasteiger partial charge is 0.336 e. The molecule has 1 aromatic heterocycles. The molecule has 1 aliphatic heterocycles. The zero-order chi connectivity index (χ0) is 13.4. The van der Waals surface area contributed by atoms with Crippen LogP contribution in [0.1, 0.15) is 21.6 Å². The number of pyridine rings is 1. The normalized spacial score (nSPS) is 14.2. The van der Waals surface area contributed by atoms with Crippen molar-refractivity contribution in [1.82, 2.24) is 4.98 Å². The van der Waals surface area contributed by atoms with E-state index < -0.39 is 5.97 Å². The fourth-order valence-electron chi connectivity index (χ4n) is 2.41. The number of carboxylic acid groups (broad SMARTS) is 1. The maximum absolute atomic E-state index is 11.6. The molecule has 2 heterocycles. The van der Waals surface area contributed by atoms with Crippen LogP contribution < -0.4 is 4.74 Å². The Morgan fingerprint density at radius 3 is 3.05 bits per heavy atom. The monoisotopic (exact) mass is 275 g/mol. The predicted molar refractivity (Wildman–Crippen MR) is 75.1 cm³/mol. The lowest BCUT2D eigenvalue weighted by Crippen LogP contribution is -2.13. The average Bonchev–Trinajstić information content (AvgIpc) is 2.43. The summed E-state index contributed by atoms with van der Waals surface area (Å²) in [6.07, 6.45) is 0.827. The molecule has 4 nitrogen and oxygen atoms in total. The van der Waals surface area contributed by atoms with Gasteiger partial charge in [0.1, 0.15) is 5.75 Å². The maximum Gasteiger partial charge on any atom is 0.336 e. The van der Waals surface area contributed by atoms with Crippen LogP contribution in [0.15, 0.2) is 18.2 Å². The Labute approximate surface area is 114 Å². The third-order valence-electron chi connectivity index (χ3n) is 3.32. The van der Waals surface area contributed by atoms with Crippen LogP contribution in [0.5, 0.6) is 5.75 Å². The molecule has 5 heteroatoms. The Bertz CT molecular complexity index is 669. The molecule has 1 aliphatic rings. The van der Waals surface area contributed by atoms with Crippen LogP contribution in [0.2, 0.25) is 0 Å². The highest BCUT2D eigenvalue weighted by molar-refractivity contribution is 7.98. The minimum absolute atomic E-state index is 0.398. The molecule has 1 aromatic carbocycles. The summed E-state index contributed by atoms with van der Waals surface area (Å²) in [6.45, 7) is 0. The molecular formula is C14H13NO3S. The largest absolute Gasteiger partial charge is 0.497 e. The number of aromatic nitrogens is 1. The molecule has 0 aliphatic carbocycles. The van der Waals surface area contributed by atoms with Crippen LogP contribution in [-0.4, -0.2) is 28.9 Å². The summed E-state index contributed by atoms with van der Waals surface area (Å²) in [5.74, 6) is 1.54. The molecule has 1 N–H and O–H groups in total. The minimum atomic E-state index is -0.878. The summed E-state index contributed by atoms with van der Waals surface area (Å²) in [6, 6.07) is 5.35. The first-order chi connectivity index (χ1) is 9.20. The lowest BCUT2D eigenvalue weighted by Gasteiger charge is -2.18. The second kappa shape index (κ2) is 4.74. The molecule has 0 unspecified atom stereocenters. The van der Waals surface area contributed by atoms with Gasteiger partial charge in [-0.05, 0) is 29.9 Å². The van der Waals surface area contributed by atoms with Gasteiger partial charge in [0, 0.05) is 22.9 Å². The van der Waals surface area contributed by atoms with Crippen molar-refractivity contribution in [2.24, 2.45) is 0 Å². The van der Waals surface area contributed by atoms with Gasteiger partial charge in [0.15, 0.2) is 0 Å². The number of thioether (sulfide) groups is 1. The van der Waals surface area contributed by atoms with E-state index in [2.05, 4.69) is 4.98 Å². The number of fused-ring (bicyclic) bond motifs is 2. The molecule has 0 saturated heterocycles. The summed E-state index contributed by atoms with van der Waals surface area (Å²) >= 11 is 1.76. The highest BCUT2D eigenvalue weighted by atomic mass is 32.2. The van der Waals surface area contributed by atoms with E-state index in [0.29, 0.717) is 22.2 Å². The van der Waals surface area contributed by atoms with E-state index in [1.54, 1.807) is 37.1 Å². The van der Waals surface area contributed by atoms with Crippen molar-refractivity contribution in [3.8, 4) is 5.75 Å². The van der Waals surface area contributed by atoms with Gasteiger partial charge < -0.3 is 9.84 Å². The van der Waals surface area contributed by atoms with Crippen LogP contribution in [-0.2, 0) is 12.2 Å². The summed E-state index contributed by atoms with van der Waals surface area (Å²) in [7, 11) is 1.59. The van der Waals surface area contributed by atoms with Gasteiger partial charge in [-0.2, -0.15) is 11.8 Å². The molecule has 0 bridgehead atoms. The van der Waals surface area contributed by atoms with E-state index in [0.717, 1.165) is 29.2 Å². The number of benzene rings is 1. The molecule has 0 fully saturated rings. The first-order valence-corrected chi connectivity index (χ1v) is 7.16. The van der Waals surface area contributed by atoms with Crippen LogP contribution in [0.4, 0.5) is 0 Å². The van der Waals surface area contributed by atoms with Gasteiger partial charge in [-0.3, -0.25) is 4.98 Å². The minimum Gasteiger partial charge on any atom is -0.497 e. The molecular weight excluding hydrogens is 262 g/mol. The summed E-state index contributed by atoms with van der Waals surface area (Å²) in [5.41, 5.74) is 2.88. The average molecular weight is 275 g/mol. The molecule has 0 spiro atoms. The Kier molecular flexibility index (Phi) is 3.06. The van der Waals surface area contributed by atoms with Gasteiger partial charge in [0.25, 0.3) is 0 Å². The quantitative estimate of drug-likeness (QED) is 0.913. The Balaban J connectivity index is 2.35. The fraction of sp³-hybridized carbons (Fsp3) is 0.286. The second-order valence-corrected chi connectivity index (χ2v) is 5.51. The molecule has 0 atom stereocenters. The van der Waals surface area contributed by atoms with E-state index in [1.807, 2.05) is 0 Å². The number of aromatic carboxylic acids is 1. The van der Waals surface area contributed by atoms with E-state index in [4.69, 9.17) is 4.74 Å². The predicted octanol–water partition coefficient (Wildman–Crippen LogP) is 2.73. The van der Waals surface area contributed by atoms with Crippen molar-refractivity contribution in [1.29, 1.82) is 0 Å². The van der Waals surface area contributed by atoms with Crippen molar-refractivity contribution >= 4 is 28.6 Å². The lowest BCUT2D eigenvalue weighted by atomic mass is 10.00. The van der Waals surface area contributed by atoms with Crippen molar-refractivity contribution in [2.45, 2.75) is 12.2 Å². The van der Waals surface area contributed by atoms with Crippen molar-refractivity contribution in [3.05, 3.63) is 35.0 Å². The zero-order valence-corrected chi connectivity index (χ0v) is 11.3. The summed E-state index contributed by atoms with van der Waals surface area (Å²) in [4.78, 5) is 16.2. The van der Waals surface area contributed by atoms with Crippen LogP contribution in [0.3, 0.4) is 0 Å².